The molecule has 0 spiro atoms. The number of carboxylic acids is 1. The summed E-state index contributed by atoms with van der Waals surface area (Å²) in [7, 11) is 0. The summed E-state index contributed by atoms with van der Waals surface area (Å²) in [5, 5.41) is 12.0. The second kappa shape index (κ2) is 6.08. The topological polar surface area (TPSA) is 58.6 Å². The third kappa shape index (κ3) is 4.18. The lowest BCUT2D eigenvalue weighted by Crippen LogP contribution is -2.41. The molecule has 0 radical (unpaired) electrons. The molecule has 0 saturated carbocycles. The first-order valence-electron chi connectivity index (χ1n) is 5.69. The lowest BCUT2D eigenvalue weighted by molar-refractivity contribution is -0.142. The molecule has 0 aromatic heterocycles. The van der Waals surface area contributed by atoms with Gasteiger partial charge in [-0.25, -0.2) is 0 Å². The highest BCUT2D eigenvalue weighted by Crippen LogP contribution is 2.12. The molecule has 1 heterocycles. The van der Waals surface area contributed by atoms with E-state index in [1.54, 1.807) is 6.92 Å². The highest BCUT2D eigenvalue weighted by molar-refractivity contribution is 5.70. The van der Waals surface area contributed by atoms with E-state index < -0.39 is 5.97 Å². The third-order valence-corrected chi connectivity index (χ3v) is 3.08. The second-order valence-corrected chi connectivity index (χ2v) is 4.31. The van der Waals surface area contributed by atoms with Crippen molar-refractivity contribution >= 4 is 5.97 Å². The van der Waals surface area contributed by atoms with Crippen LogP contribution in [0.2, 0.25) is 0 Å². The summed E-state index contributed by atoms with van der Waals surface area (Å²) in [6, 6.07) is -0.00646. The zero-order chi connectivity index (χ0) is 11.3. The van der Waals surface area contributed by atoms with Crippen LogP contribution in [0.3, 0.4) is 0 Å². The van der Waals surface area contributed by atoms with Crippen molar-refractivity contribution in [1.82, 2.24) is 5.32 Å². The molecule has 0 bridgehead atoms. The highest BCUT2D eigenvalue weighted by atomic mass is 16.5. The molecule has 4 heteroatoms. The molecule has 88 valence electrons. The Kier molecular flexibility index (Phi) is 5.05. The molecule has 0 aromatic carbocycles. The first-order valence-corrected chi connectivity index (χ1v) is 5.69. The van der Waals surface area contributed by atoms with Gasteiger partial charge in [-0.1, -0.05) is 6.92 Å². The van der Waals surface area contributed by atoms with Gasteiger partial charge in [-0.15, -0.1) is 0 Å². The molecule has 0 aromatic rings. The van der Waals surface area contributed by atoms with Gasteiger partial charge in [0.1, 0.15) is 0 Å². The minimum Gasteiger partial charge on any atom is -0.481 e. The fraction of sp³-hybridized carbons (Fsp3) is 0.909. The monoisotopic (exact) mass is 215 g/mol. The first-order chi connectivity index (χ1) is 7.11. The van der Waals surface area contributed by atoms with Crippen LogP contribution < -0.4 is 5.32 Å². The first kappa shape index (κ1) is 12.5. The Balaban J connectivity index is 2.20. The molecule has 3 atom stereocenters. The van der Waals surface area contributed by atoms with Gasteiger partial charge in [0, 0.05) is 19.2 Å². The van der Waals surface area contributed by atoms with Gasteiger partial charge in [0.05, 0.1) is 12.0 Å². The zero-order valence-electron chi connectivity index (χ0n) is 9.53. The van der Waals surface area contributed by atoms with Crippen molar-refractivity contribution < 1.29 is 14.6 Å². The van der Waals surface area contributed by atoms with Gasteiger partial charge in [0.25, 0.3) is 0 Å². The molecule has 1 saturated heterocycles. The van der Waals surface area contributed by atoms with Gasteiger partial charge >= 0.3 is 5.97 Å². The predicted octanol–water partition coefficient (Wildman–Crippen LogP) is 1.25. The number of carboxylic acid groups (broad SMARTS) is 1. The maximum absolute atomic E-state index is 10.7. The second-order valence-electron chi connectivity index (χ2n) is 4.31. The molecular weight excluding hydrogens is 194 g/mol. The highest BCUT2D eigenvalue weighted by Gasteiger charge is 2.21. The molecule has 1 aliphatic rings. The fourth-order valence-electron chi connectivity index (χ4n) is 1.68. The van der Waals surface area contributed by atoms with E-state index in [1.165, 1.54) is 6.42 Å². The number of hydrogen-bond donors (Lipinski definition) is 2. The van der Waals surface area contributed by atoms with Crippen LogP contribution in [0, 0.1) is 5.92 Å². The largest absolute Gasteiger partial charge is 0.481 e. The summed E-state index contributed by atoms with van der Waals surface area (Å²) >= 11 is 0. The van der Waals surface area contributed by atoms with E-state index in [4.69, 9.17) is 9.84 Å². The zero-order valence-corrected chi connectivity index (χ0v) is 9.53. The van der Waals surface area contributed by atoms with E-state index >= 15 is 0 Å². The van der Waals surface area contributed by atoms with Gasteiger partial charge in [-0.3, -0.25) is 4.79 Å². The number of carbonyl (C=O) groups is 1. The maximum Gasteiger partial charge on any atom is 0.307 e. The van der Waals surface area contributed by atoms with Crippen LogP contribution in [0.1, 0.15) is 33.1 Å². The maximum atomic E-state index is 10.7. The molecule has 3 unspecified atom stereocenters. The van der Waals surface area contributed by atoms with E-state index in [9.17, 15) is 4.79 Å². The molecule has 2 N–H and O–H groups in total. The number of aliphatic carboxylic acids is 1. The fourth-order valence-corrected chi connectivity index (χ4v) is 1.68. The molecule has 0 aliphatic carbocycles. The normalized spacial score (nSPS) is 25.9. The van der Waals surface area contributed by atoms with Gasteiger partial charge in [-0.2, -0.15) is 0 Å². The van der Waals surface area contributed by atoms with Crippen LogP contribution in [0.4, 0.5) is 0 Å². The van der Waals surface area contributed by atoms with E-state index in [1.807, 2.05) is 6.92 Å². The van der Waals surface area contributed by atoms with Crippen LogP contribution in [-0.2, 0) is 9.53 Å². The Morgan fingerprint density at radius 1 is 1.53 bits per heavy atom. The minimum atomic E-state index is -0.750. The quantitative estimate of drug-likeness (QED) is 0.724. The number of ether oxygens (including phenoxy) is 1. The number of nitrogens with one attached hydrogen (secondary N) is 1. The average molecular weight is 215 g/mol. The summed E-state index contributed by atoms with van der Waals surface area (Å²) in [6.07, 6.45) is 3.72. The van der Waals surface area contributed by atoms with E-state index in [-0.39, 0.29) is 18.1 Å². The van der Waals surface area contributed by atoms with Crippen LogP contribution in [0.15, 0.2) is 0 Å². The van der Waals surface area contributed by atoms with E-state index in [2.05, 4.69) is 5.32 Å². The smallest absolute Gasteiger partial charge is 0.307 e. The number of hydrogen-bond acceptors (Lipinski definition) is 3. The Morgan fingerprint density at radius 2 is 2.27 bits per heavy atom. The van der Waals surface area contributed by atoms with Gasteiger partial charge in [0.15, 0.2) is 0 Å². The van der Waals surface area contributed by atoms with E-state index in [0.717, 1.165) is 26.0 Å². The standard InChI is InChI=1S/C11H21NO3/c1-8(11(13)14)9(2)12-7-10-5-3-4-6-15-10/h8-10,12H,3-7H2,1-2H3,(H,13,14). The molecule has 1 rings (SSSR count). The molecule has 4 nitrogen and oxygen atoms in total. The predicted molar refractivity (Wildman–Crippen MR) is 57.9 cm³/mol. The summed E-state index contributed by atoms with van der Waals surface area (Å²) in [6.45, 7) is 5.23. The van der Waals surface area contributed by atoms with Gasteiger partial charge < -0.3 is 15.2 Å². The van der Waals surface area contributed by atoms with Crippen molar-refractivity contribution in [2.45, 2.75) is 45.3 Å². The lowest BCUT2D eigenvalue weighted by atomic mass is 10.0. The van der Waals surface area contributed by atoms with Crippen LogP contribution >= 0.6 is 0 Å². The molecule has 1 aliphatic heterocycles. The summed E-state index contributed by atoms with van der Waals surface area (Å²) < 4.78 is 5.56. The van der Waals surface area contributed by atoms with Gasteiger partial charge in [0.2, 0.25) is 0 Å². The Bertz CT molecular complexity index is 202. The summed E-state index contributed by atoms with van der Waals surface area (Å²) in [4.78, 5) is 10.7. The summed E-state index contributed by atoms with van der Waals surface area (Å²) in [5.74, 6) is -1.10. The third-order valence-electron chi connectivity index (χ3n) is 3.08. The van der Waals surface area contributed by atoms with Crippen molar-refractivity contribution in [3.63, 3.8) is 0 Å². The minimum absolute atomic E-state index is 0.00646. The van der Waals surface area contributed by atoms with Crippen molar-refractivity contribution in [2.24, 2.45) is 5.92 Å². The Morgan fingerprint density at radius 3 is 2.80 bits per heavy atom. The van der Waals surface area contributed by atoms with Crippen molar-refractivity contribution in [2.75, 3.05) is 13.2 Å². The Labute approximate surface area is 91.0 Å². The molecule has 0 amide bonds. The van der Waals surface area contributed by atoms with Crippen molar-refractivity contribution in [1.29, 1.82) is 0 Å². The molecule has 15 heavy (non-hydrogen) atoms. The summed E-state index contributed by atoms with van der Waals surface area (Å²) in [5.41, 5.74) is 0. The molecule has 1 fully saturated rings. The van der Waals surface area contributed by atoms with Crippen molar-refractivity contribution in [3.05, 3.63) is 0 Å². The van der Waals surface area contributed by atoms with Crippen molar-refractivity contribution in [3.8, 4) is 0 Å². The SMILES string of the molecule is CC(NCC1CCCCO1)C(C)C(=O)O. The van der Waals surface area contributed by atoms with E-state index in [0.29, 0.717) is 0 Å². The lowest BCUT2D eigenvalue weighted by Gasteiger charge is -2.25. The molecular formula is C11H21NO3. The number of rotatable bonds is 5. The van der Waals surface area contributed by atoms with Gasteiger partial charge in [-0.05, 0) is 26.2 Å². The van der Waals surface area contributed by atoms with Crippen LogP contribution in [-0.4, -0.2) is 36.4 Å². The Hall–Kier alpha value is -0.610. The van der Waals surface area contributed by atoms with Crippen LogP contribution in [0.5, 0.6) is 0 Å². The average Bonchev–Trinajstić information content (AvgIpc) is 2.26. The van der Waals surface area contributed by atoms with Crippen LogP contribution in [0.25, 0.3) is 0 Å².